The Morgan fingerprint density at radius 2 is 1.84 bits per heavy atom. The van der Waals surface area contributed by atoms with Gasteiger partial charge in [0.25, 0.3) is 0 Å². The number of aromatic nitrogens is 1. The van der Waals surface area contributed by atoms with Gasteiger partial charge in [0.15, 0.2) is 5.43 Å². The summed E-state index contributed by atoms with van der Waals surface area (Å²) in [6.07, 6.45) is 3.62. The van der Waals surface area contributed by atoms with Crippen LogP contribution in [0.2, 0.25) is 0 Å². The zero-order valence-electron chi connectivity index (χ0n) is 10.0. The van der Waals surface area contributed by atoms with E-state index in [0.29, 0.717) is 18.4 Å². The van der Waals surface area contributed by atoms with Gasteiger partial charge in [-0.15, -0.1) is 0 Å². The molecule has 0 fully saturated rings. The number of aryl methyl sites for hydroxylation is 2. The van der Waals surface area contributed by atoms with Crippen LogP contribution in [0.25, 0.3) is 0 Å². The molecule has 19 heavy (non-hydrogen) atoms. The van der Waals surface area contributed by atoms with E-state index >= 15 is 0 Å². The molecule has 0 saturated heterocycles. The van der Waals surface area contributed by atoms with Gasteiger partial charge in [-0.05, 0) is 30.5 Å². The summed E-state index contributed by atoms with van der Waals surface area (Å²) in [5.41, 5.74) is 0.552. The molecule has 4 nitrogen and oxygen atoms in total. The quantitative estimate of drug-likeness (QED) is 0.884. The monoisotopic (exact) mass is 261 g/mol. The molecule has 0 radical (unpaired) electrons. The first-order chi connectivity index (χ1) is 9.08. The highest BCUT2D eigenvalue weighted by molar-refractivity contribution is 5.87. The maximum atomic E-state index is 12.7. The smallest absolute Gasteiger partial charge is 0.341 e. The van der Waals surface area contributed by atoms with Gasteiger partial charge in [0.05, 0.1) is 0 Å². The van der Waals surface area contributed by atoms with Crippen LogP contribution in [-0.4, -0.2) is 16.1 Å². The van der Waals surface area contributed by atoms with Gasteiger partial charge in [0.1, 0.15) is 11.4 Å². The van der Waals surface area contributed by atoms with Gasteiger partial charge in [-0.3, -0.25) is 4.79 Å². The maximum Gasteiger partial charge on any atom is 0.341 e. The van der Waals surface area contributed by atoms with Crippen molar-refractivity contribution in [3.05, 3.63) is 69.4 Å². The molecule has 0 atom stereocenters. The predicted octanol–water partition coefficient (Wildman–Crippen LogP) is 2.00. The Kier molecular flexibility index (Phi) is 3.75. The third kappa shape index (κ3) is 3.07. The molecule has 0 bridgehead atoms. The van der Waals surface area contributed by atoms with E-state index in [9.17, 15) is 14.0 Å². The maximum absolute atomic E-state index is 12.7. The number of halogens is 1. The van der Waals surface area contributed by atoms with Crippen molar-refractivity contribution in [3.63, 3.8) is 0 Å². The number of carboxylic acids is 1. The van der Waals surface area contributed by atoms with Crippen molar-refractivity contribution in [1.82, 2.24) is 4.98 Å². The standard InChI is InChI=1S/C14H12FNO3/c15-11-5-2-9(3-6-11)1-4-10-7-16-8-12(13(10)17)14(18)19/h2-3,5-8H,1,4H2,(H,16,17)(H,18,19). The number of nitrogens with one attached hydrogen (secondary N) is 1. The van der Waals surface area contributed by atoms with Crippen LogP contribution < -0.4 is 5.43 Å². The Morgan fingerprint density at radius 3 is 2.47 bits per heavy atom. The van der Waals surface area contributed by atoms with Crippen LogP contribution in [0, 0.1) is 5.82 Å². The minimum atomic E-state index is -1.25. The number of H-pyrrole nitrogens is 1. The first-order valence-electron chi connectivity index (χ1n) is 5.75. The van der Waals surface area contributed by atoms with Crippen molar-refractivity contribution in [3.8, 4) is 0 Å². The molecule has 1 heterocycles. The zero-order chi connectivity index (χ0) is 13.8. The second-order valence-corrected chi connectivity index (χ2v) is 4.15. The van der Waals surface area contributed by atoms with Crippen molar-refractivity contribution in [1.29, 1.82) is 0 Å². The average Bonchev–Trinajstić information content (AvgIpc) is 2.39. The number of carbonyl (C=O) groups is 1. The molecule has 2 aromatic rings. The lowest BCUT2D eigenvalue weighted by Gasteiger charge is -2.03. The molecule has 0 aliphatic carbocycles. The number of aromatic carboxylic acids is 1. The van der Waals surface area contributed by atoms with Crippen LogP contribution in [0.5, 0.6) is 0 Å². The van der Waals surface area contributed by atoms with E-state index in [2.05, 4.69) is 4.98 Å². The predicted molar refractivity (Wildman–Crippen MR) is 67.8 cm³/mol. The number of benzene rings is 1. The van der Waals surface area contributed by atoms with Crippen LogP contribution in [0.15, 0.2) is 41.5 Å². The molecule has 1 aromatic carbocycles. The summed E-state index contributed by atoms with van der Waals surface area (Å²) in [6, 6.07) is 6.00. The third-order valence-electron chi connectivity index (χ3n) is 2.85. The molecule has 0 unspecified atom stereocenters. The van der Waals surface area contributed by atoms with Crippen molar-refractivity contribution in [2.45, 2.75) is 12.8 Å². The van der Waals surface area contributed by atoms with E-state index < -0.39 is 11.4 Å². The van der Waals surface area contributed by atoms with Gasteiger partial charge in [0, 0.05) is 18.0 Å². The Labute approximate surface area is 108 Å². The number of hydrogen-bond donors (Lipinski definition) is 2. The van der Waals surface area contributed by atoms with Gasteiger partial charge in [-0.2, -0.15) is 0 Å². The molecule has 0 aliphatic rings. The lowest BCUT2D eigenvalue weighted by molar-refractivity contribution is 0.0695. The zero-order valence-corrected chi connectivity index (χ0v) is 10.0. The summed E-state index contributed by atoms with van der Waals surface area (Å²) in [4.78, 5) is 25.3. The third-order valence-corrected chi connectivity index (χ3v) is 2.85. The van der Waals surface area contributed by atoms with Gasteiger partial charge >= 0.3 is 5.97 Å². The van der Waals surface area contributed by atoms with E-state index in [0.717, 1.165) is 5.56 Å². The molecule has 2 N–H and O–H groups in total. The molecule has 1 aromatic heterocycles. The van der Waals surface area contributed by atoms with Crippen molar-refractivity contribution >= 4 is 5.97 Å². The van der Waals surface area contributed by atoms with E-state index in [4.69, 9.17) is 5.11 Å². The first-order valence-corrected chi connectivity index (χ1v) is 5.75. The van der Waals surface area contributed by atoms with Gasteiger partial charge in [-0.25, -0.2) is 9.18 Å². The fraction of sp³-hybridized carbons (Fsp3) is 0.143. The molecular formula is C14H12FNO3. The number of aromatic amines is 1. The van der Waals surface area contributed by atoms with Gasteiger partial charge in [0.2, 0.25) is 0 Å². The van der Waals surface area contributed by atoms with Crippen LogP contribution >= 0.6 is 0 Å². The average molecular weight is 261 g/mol. The lowest BCUT2D eigenvalue weighted by atomic mass is 10.0. The molecule has 0 saturated carbocycles. The Balaban J connectivity index is 2.16. The Morgan fingerprint density at radius 1 is 1.16 bits per heavy atom. The minimum absolute atomic E-state index is 0.267. The molecular weight excluding hydrogens is 249 g/mol. The number of carboxylic acid groups (broad SMARTS) is 1. The summed E-state index contributed by atoms with van der Waals surface area (Å²) in [7, 11) is 0. The highest BCUT2D eigenvalue weighted by Crippen LogP contribution is 2.06. The lowest BCUT2D eigenvalue weighted by Crippen LogP contribution is -2.19. The van der Waals surface area contributed by atoms with Gasteiger partial charge < -0.3 is 10.1 Å². The molecule has 0 spiro atoms. The van der Waals surface area contributed by atoms with Crippen molar-refractivity contribution in [2.75, 3.05) is 0 Å². The van der Waals surface area contributed by atoms with Crippen LogP contribution in [-0.2, 0) is 12.8 Å². The van der Waals surface area contributed by atoms with Crippen LogP contribution in [0.3, 0.4) is 0 Å². The van der Waals surface area contributed by atoms with Gasteiger partial charge in [-0.1, -0.05) is 12.1 Å². The summed E-state index contributed by atoms with van der Waals surface area (Å²) in [5.74, 6) is -1.56. The number of rotatable bonds is 4. The molecule has 2 rings (SSSR count). The summed E-state index contributed by atoms with van der Waals surface area (Å²) in [5, 5.41) is 8.84. The fourth-order valence-electron chi connectivity index (χ4n) is 1.80. The highest BCUT2D eigenvalue weighted by atomic mass is 19.1. The molecule has 0 amide bonds. The highest BCUT2D eigenvalue weighted by Gasteiger charge is 2.11. The van der Waals surface area contributed by atoms with Crippen molar-refractivity contribution < 1.29 is 14.3 Å². The van der Waals surface area contributed by atoms with Crippen LogP contribution in [0.4, 0.5) is 4.39 Å². The SMILES string of the molecule is O=C(O)c1c[nH]cc(CCc2ccc(F)cc2)c1=O. The largest absolute Gasteiger partial charge is 0.477 e. The summed E-state index contributed by atoms with van der Waals surface area (Å²) in [6.45, 7) is 0. The van der Waals surface area contributed by atoms with Crippen LogP contribution in [0.1, 0.15) is 21.5 Å². The molecule has 0 aliphatic heterocycles. The van der Waals surface area contributed by atoms with E-state index in [1.165, 1.54) is 24.5 Å². The molecule has 98 valence electrons. The Hall–Kier alpha value is -2.43. The summed E-state index contributed by atoms with van der Waals surface area (Å²) >= 11 is 0. The summed E-state index contributed by atoms with van der Waals surface area (Å²) < 4.78 is 12.7. The second-order valence-electron chi connectivity index (χ2n) is 4.15. The number of pyridine rings is 1. The normalized spacial score (nSPS) is 10.4. The molecule has 5 heteroatoms. The van der Waals surface area contributed by atoms with E-state index in [-0.39, 0.29) is 11.4 Å². The fourth-order valence-corrected chi connectivity index (χ4v) is 1.80. The Bertz CT molecular complexity index is 646. The van der Waals surface area contributed by atoms with E-state index in [1.54, 1.807) is 12.1 Å². The second kappa shape index (κ2) is 5.48. The first kappa shape index (κ1) is 13.0. The van der Waals surface area contributed by atoms with Crippen molar-refractivity contribution in [2.24, 2.45) is 0 Å². The topological polar surface area (TPSA) is 70.2 Å². The van der Waals surface area contributed by atoms with E-state index in [1.807, 2.05) is 0 Å². The minimum Gasteiger partial charge on any atom is -0.477 e. The number of hydrogen-bond acceptors (Lipinski definition) is 2.